The highest BCUT2D eigenvalue weighted by atomic mass is 35.5. The van der Waals surface area contributed by atoms with E-state index in [4.69, 9.17) is 16.7 Å². The van der Waals surface area contributed by atoms with Crippen LogP contribution in [0.15, 0.2) is 5.16 Å². The van der Waals surface area contributed by atoms with Gasteiger partial charge in [0.05, 0.1) is 13.0 Å². The van der Waals surface area contributed by atoms with Gasteiger partial charge in [-0.2, -0.15) is 0 Å². The van der Waals surface area contributed by atoms with Crippen molar-refractivity contribution < 1.29 is 14.7 Å². The molecule has 4 nitrogen and oxygen atoms in total. The third-order valence-corrected chi connectivity index (χ3v) is 1.46. The number of oxime groups is 1. The summed E-state index contributed by atoms with van der Waals surface area (Å²) in [7, 11) is 0. The second kappa shape index (κ2) is 2.56. The van der Waals surface area contributed by atoms with Crippen LogP contribution in [0.5, 0.6) is 0 Å². The first-order valence-corrected chi connectivity index (χ1v) is 3.08. The molecule has 0 aliphatic carbocycles. The summed E-state index contributed by atoms with van der Waals surface area (Å²) in [6, 6.07) is 0. The normalized spacial score (nSPS) is 31.2. The minimum Gasteiger partial charge on any atom is -0.392 e. The summed E-state index contributed by atoms with van der Waals surface area (Å²) in [5, 5.41) is 12.2. The van der Waals surface area contributed by atoms with Crippen molar-refractivity contribution >= 4 is 23.1 Å². The third-order valence-electron chi connectivity index (χ3n) is 1.25. The van der Waals surface area contributed by atoms with E-state index in [0.717, 1.165) is 0 Å². The lowest BCUT2D eigenvalue weighted by Gasteiger charge is -2.14. The standard InChI is InChI=1S/C5H6ClNO3/c6-4-1-5(2-8,3-9)10-7-4/h2,9H,1,3H2. The molecule has 0 bridgehead atoms. The zero-order valence-electron chi connectivity index (χ0n) is 5.08. The maximum Gasteiger partial charge on any atom is 0.221 e. The maximum absolute atomic E-state index is 10.3. The number of nitrogens with zero attached hydrogens (tertiary/aromatic N) is 1. The largest absolute Gasteiger partial charge is 0.392 e. The van der Waals surface area contributed by atoms with Gasteiger partial charge in [-0.1, -0.05) is 16.8 Å². The molecule has 1 N–H and O–H groups in total. The average Bonchev–Trinajstić information content (AvgIpc) is 2.33. The fourth-order valence-electron chi connectivity index (χ4n) is 0.637. The van der Waals surface area contributed by atoms with E-state index in [1.807, 2.05) is 0 Å². The lowest BCUT2D eigenvalue weighted by Crippen LogP contribution is -2.34. The van der Waals surface area contributed by atoms with Gasteiger partial charge >= 0.3 is 0 Å². The van der Waals surface area contributed by atoms with E-state index in [1.54, 1.807) is 0 Å². The Labute approximate surface area is 62.4 Å². The molecule has 0 aromatic carbocycles. The summed E-state index contributed by atoms with van der Waals surface area (Å²) in [5.41, 5.74) is -1.21. The molecule has 0 radical (unpaired) electrons. The topological polar surface area (TPSA) is 58.9 Å². The minimum atomic E-state index is -1.21. The molecule has 0 aromatic rings. The molecule has 0 saturated carbocycles. The quantitative estimate of drug-likeness (QED) is 0.578. The molecule has 1 heterocycles. The Kier molecular flexibility index (Phi) is 1.92. The molecular formula is C5H6ClNO3. The van der Waals surface area contributed by atoms with Crippen molar-refractivity contribution in [3.05, 3.63) is 0 Å². The van der Waals surface area contributed by atoms with Crippen LogP contribution in [0.3, 0.4) is 0 Å². The highest BCUT2D eigenvalue weighted by molar-refractivity contribution is 6.65. The monoisotopic (exact) mass is 163 g/mol. The van der Waals surface area contributed by atoms with Crippen LogP contribution in [-0.4, -0.2) is 28.8 Å². The van der Waals surface area contributed by atoms with E-state index in [0.29, 0.717) is 6.29 Å². The Hall–Kier alpha value is -0.610. The van der Waals surface area contributed by atoms with E-state index < -0.39 is 12.2 Å². The van der Waals surface area contributed by atoms with Gasteiger partial charge in [0, 0.05) is 0 Å². The second-order valence-electron chi connectivity index (χ2n) is 2.08. The van der Waals surface area contributed by atoms with E-state index >= 15 is 0 Å². The fourth-order valence-corrected chi connectivity index (χ4v) is 0.898. The molecule has 0 fully saturated rings. The zero-order chi connectivity index (χ0) is 7.61. The number of aldehydes is 1. The van der Waals surface area contributed by atoms with Gasteiger partial charge in [-0.05, 0) is 0 Å². The minimum absolute atomic E-state index is 0.161. The second-order valence-corrected chi connectivity index (χ2v) is 2.51. The Balaban J connectivity index is 2.65. The summed E-state index contributed by atoms with van der Waals surface area (Å²) < 4.78 is 0. The summed E-state index contributed by atoms with van der Waals surface area (Å²) in [5.74, 6) is 0. The van der Waals surface area contributed by atoms with Gasteiger partial charge in [0.1, 0.15) is 5.17 Å². The Bertz CT molecular complexity index is 182. The first-order valence-electron chi connectivity index (χ1n) is 2.70. The van der Waals surface area contributed by atoms with Gasteiger partial charge < -0.3 is 9.94 Å². The number of aliphatic hydroxyl groups excluding tert-OH is 1. The molecule has 56 valence electrons. The molecule has 1 aliphatic rings. The lowest BCUT2D eigenvalue weighted by atomic mass is 10.1. The van der Waals surface area contributed by atoms with Gasteiger partial charge in [0.15, 0.2) is 6.29 Å². The van der Waals surface area contributed by atoms with E-state index in [-0.39, 0.29) is 11.6 Å². The number of hydrogen-bond acceptors (Lipinski definition) is 4. The molecular weight excluding hydrogens is 158 g/mol. The van der Waals surface area contributed by atoms with Crippen LogP contribution in [0.1, 0.15) is 6.42 Å². The predicted octanol–water partition coefficient (Wildman–Crippen LogP) is -0.111. The smallest absolute Gasteiger partial charge is 0.221 e. The van der Waals surface area contributed by atoms with Crippen LogP contribution in [-0.2, 0) is 9.63 Å². The molecule has 0 amide bonds. The highest BCUT2D eigenvalue weighted by Gasteiger charge is 2.37. The number of halogens is 1. The number of carbonyl (C=O) groups is 1. The zero-order valence-corrected chi connectivity index (χ0v) is 5.84. The summed E-state index contributed by atoms with van der Waals surface area (Å²) in [6.45, 7) is -0.393. The molecule has 0 aromatic heterocycles. The molecule has 0 saturated heterocycles. The van der Waals surface area contributed by atoms with Gasteiger partial charge in [0.2, 0.25) is 5.60 Å². The summed E-state index contributed by atoms with van der Waals surface area (Å²) in [6.07, 6.45) is 0.667. The van der Waals surface area contributed by atoms with Crippen molar-refractivity contribution in [2.75, 3.05) is 6.61 Å². The van der Waals surface area contributed by atoms with Gasteiger partial charge in [0.25, 0.3) is 0 Å². The van der Waals surface area contributed by atoms with Crippen LogP contribution in [0.4, 0.5) is 0 Å². The summed E-state index contributed by atoms with van der Waals surface area (Å²) >= 11 is 5.41. The molecule has 1 atom stereocenters. The highest BCUT2D eigenvalue weighted by Crippen LogP contribution is 2.22. The van der Waals surface area contributed by atoms with Crippen molar-refractivity contribution in [3.63, 3.8) is 0 Å². The Morgan fingerprint density at radius 2 is 2.70 bits per heavy atom. The van der Waals surface area contributed by atoms with Crippen molar-refractivity contribution in [2.24, 2.45) is 5.16 Å². The first kappa shape index (κ1) is 7.50. The van der Waals surface area contributed by atoms with Crippen LogP contribution < -0.4 is 0 Å². The van der Waals surface area contributed by atoms with Gasteiger partial charge in [-0.3, -0.25) is 4.79 Å². The van der Waals surface area contributed by atoms with Crippen LogP contribution in [0.25, 0.3) is 0 Å². The molecule has 1 rings (SSSR count). The molecule has 5 heteroatoms. The SMILES string of the molecule is O=CC1(CO)CC(Cl)=NO1. The van der Waals surface area contributed by atoms with Crippen molar-refractivity contribution in [1.82, 2.24) is 0 Å². The Morgan fingerprint density at radius 1 is 2.00 bits per heavy atom. The van der Waals surface area contributed by atoms with E-state index in [2.05, 4.69) is 9.99 Å². The van der Waals surface area contributed by atoms with Gasteiger partial charge in [-0.15, -0.1) is 0 Å². The average molecular weight is 164 g/mol. The van der Waals surface area contributed by atoms with Crippen LogP contribution in [0, 0.1) is 0 Å². The fraction of sp³-hybridized carbons (Fsp3) is 0.600. The van der Waals surface area contributed by atoms with Crippen molar-refractivity contribution in [3.8, 4) is 0 Å². The number of rotatable bonds is 2. The van der Waals surface area contributed by atoms with Crippen molar-refractivity contribution in [1.29, 1.82) is 0 Å². The van der Waals surface area contributed by atoms with E-state index in [1.165, 1.54) is 0 Å². The number of carbonyl (C=O) groups excluding carboxylic acids is 1. The molecule has 1 aliphatic heterocycles. The number of aliphatic hydroxyl groups is 1. The maximum atomic E-state index is 10.3. The molecule has 10 heavy (non-hydrogen) atoms. The van der Waals surface area contributed by atoms with Crippen LogP contribution >= 0.6 is 11.6 Å². The third kappa shape index (κ3) is 1.12. The van der Waals surface area contributed by atoms with Crippen LogP contribution in [0.2, 0.25) is 0 Å². The number of hydrogen-bond donors (Lipinski definition) is 1. The van der Waals surface area contributed by atoms with Gasteiger partial charge in [-0.25, -0.2) is 0 Å². The lowest BCUT2D eigenvalue weighted by molar-refractivity contribution is -0.132. The molecule has 1 unspecified atom stereocenters. The first-order chi connectivity index (χ1) is 4.72. The van der Waals surface area contributed by atoms with E-state index in [9.17, 15) is 4.79 Å². The Morgan fingerprint density at radius 3 is 2.90 bits per heavy atom. The van der Waals surface area contributed by atoms with Crippen molar-refractivity contribution in [2.45, 2.75) is 12.0 Å². The molecule has 0 spiro atoms. The predicted molar refractivity (Wildman–Crippen MR) is 34.9 cm³/mol. The summed E-state index contributed by atoms with van der Waals surface area (Å²) in [4.78, 5) is 14.9.